The molecular weight excluding hydrogens is 160 g/mol. The Labute approximate surface area is 79.7 Å². The van der Waals surface area contributed by atoms with Gasteiger partial charge in [-0.1, -0.05) is 37.3 Å². The lowest BCUT2D eigenvalue weighted by Crippen LogP contribution is -1.97. The Balaban J connectivity index is 2.40. The first-order valence-electron chi connectivity index (χ1n) is 4.66. The summed E-state index contributed by atoms with van der Waals surface area (Å²) >= 11 is 0. The predicted octanol–water partition coefficient (Wildman–Crippen LogP) is 3.33. The first-order valence-corrected chi connectivity index (χ1v) is 4.66. The van der Waals surface area contributed by atoms with E-state index < -0.39 is 0 Å². The summed E-state index contributed by atoms with van der Waals surface area (Å²) in [4.78, 5) is 0. The average Bonchev–Trinajstić information content (AvgIpc) is 2.16. The van der Waals surface area contributed by atoms with E-state index in [4.69, 9.17) is 5.11 Å². The third kappa shape index (κ3) is 3.79. The summed E-state index contributed by atoms with van der Waals surface area (Å²) in [5.41, 5.74) is 1.36. The topological polar surface area (TPSA) is 20.2 Å². The first-order chi connectivity index (χ1) is 6.33. The van der Waals surface area contributed by atoms with Gasteiger partial charge in [-0.25, -0.2) is 0 Å². The van der Waals surface area contributed by atoms with Gasteiger partial charge >= 0.3 is 0 Å². The van der Waals surface area contributed by atoms with Crippen molar-refractivity contribution in [2.24, 2.45) is 5.92 Å². The minimum absolute atomic E-state index is 0.589. The van der Waals surface area contributed by atoms with Gasteiger partial charge in [0.15, 0.2) is 0 Å². The van der Waals surface area contributed by atoms with E-state index in [0.717, 1.165) is 19.1 Å². The minimum Gasteiger partial charge on any atom is -0.516 e. The molecule has 0 radical (unpaired) electrons. The zero-order valence-corrected chi connectivity index (χ0v) is 7.98. The summed E-state index contributed by atoms with van der Waals surface area (Å²) in [7, 11) is 0. The van der Waals surface area contributed by atoms with Gasteiger partial charge in [0.2, 0.25) is 0 Å². The zero-order valence-electron chi connectivity index (χ0n) is 7.98. The van der Waals surface area contributed by atoms with Crippen molar-refractivity contribution >= 4 is 0 Å². The molecule has 0 amide bonds. The van der Waals surface area contributed by atoms with Crippen LogP contribution in [-0.4, -0.2) is 5.11 Å². The summed E-state index contributed by atoms with van der Waals surface area (Å²) in [6.45, 7) is 2.19. The highest BCUT2D eigenvalue weighted by Gasteiger charge is 2.00. The van der Waals surface area contributed by atoms with Crippen molar-refractivity contribution in [1.82, 2.24) is 0 Å². The lowest BCUT2D eigenvalue weighted by molar-refractivity contribution is 0.465. The summed E-state index contributed by atoms with van der Waals surface area (Å²) < 4.78 is 0. The van der Waals surface area contributed by atoms with Crippen LogP contribution >= 0.6 is 0 Å². The number of allylic oxidation sites excluding steroid dienone is 1. The Bertz CT molecular complexity index is 251. The van der Waals surface area contributed by atoms with Crippen LogP contribution in [0.4, 0.5) is 0 Å². The lowest BCUT2D eigenvalue weighted by Gasteiger charge is -2.07. The Morgan fingerprint density at radius 1 is 1.31 bits per heavy atom. The number of aliphatic hydroxyl groups is 1. The number of hydrogen-bond donors (Lipinski definition) is 1. The second-order valence-corrected chi connectivity index (χ2v) is 3.42. The number of benzene rings is 1. The third-order valence-electron chi connectivity index (χ3n) is 2.07. The predicted molar refractivity (Wildman–Crippen MR) is 55.7 cm³/mol. The second kappa shape index (κ2) is 5.41. The molecule has 0 aliphatic heterocycles. The van der Waals surface area contributed by atoms with E-state index in [1.165, 1.54) is 5.56 Å². The summed E-state index contributed by atoms with van der Waals surface area (Å²) in [6, 6.07) is 10.4. The second-order valence-electron chi connectivity index (χ2n) is 3.42. The van der Waals surface area contributed by atoms with Gasteiger partial charge in [-0.3, -0.25) is 0 Å². The molecule has 0 aliphatic carbocycles. The SMILES string of the molecule is CC(C/C=C\O)Cc1ccccc1. The van der Waals surface area contributed by atoms with Crippen molar-refractivity contribution in [2.45, 2.75) is 19.8 Å². The average molecular weight is 176 g/mol. The molecule has 1 nitrogen and oxygen atoms in total. The van der Waals surface area contributed by atoms with E-state index in [9.17, 15) is 0 Å². The van der Waals surface area contributed by atoms with E-state index in [1.807, 2.05) is 6.07 Å². The molecule has 1 unspecified atom stereocenters. The maximum absolute atomic E-state index is 8.50. The molecule has 1 heteroatoms. The number of hydrogen-bond acceptors (Lipinski definition) is 1. The third-order valence-corrected chi connectivity index (χ3v) is 2.07. The van der Waals surface area contributed by atoms with Gasteiger partial charge in [0, 0.05) is 0 Å². The minimum atomic E-state index is 0.589. The van der Waals surface area contributed by atoms with Gasteiger partial charge in [-0.05, 0) is 30.4 Å². The highest BCUT2D eigenvalue weighted by atomic mass is 16.2. The van der Waals surface area contributed by atoms with Gasteiger partial charge < -0.3 is 5.11 Å². The van der Waals surface area contributed by atoms with E-state index in [2.05, 4.69) is 31.2 Å². The van der Waals surface area contributed by atoms with Crippen molar-refractivity contribution in [3.63, 3.8) is 0 Å². The zero-order chi connectivity index (χ0) is 9.52. The fraction of sp³-hybridized carbons (Fsp3) is 0.333. The van der Waals surface area contributed by atoms with Crippen LogP contribution in [0.25, 0.3) is 0 Å². The molecule has 0 spiro atoms. The highest BCUT2D eigenvalue weighted by molar-refractivity contribution is 5.15. The van der Waals surface area contributed by atoms with Crippen LogP contribution in [0.3, 0.4) is 0 Å². The molecule has 1 aromatic rings. The first kappa shape index (κ1) is 9.85. The lowest BCUT2D eigenvalue weighted by atomic mass is 9.98. The standard InChI is InChI=1S/C12H16O/c1-11(6-5-9-13)10-12-7-3-2-4-8-12/h2-5,7-9,11,13H,6,10H2,1H3/b9-5-. The molecule has 0 bridgehead atoms. The molecule has 0 saturated heterocycles. The summed E-state index contributed by atoms with van der Waals surface area (Å²) in [6.07, 6.45) is 4.94. The molecule has 1 rings (SSSR count). The number of aliphatic hydroxyl groups excluding tert-OH is 1. The van der Waals surface area contributed by atoms with Crippen LogP contribution in [0.5, 0.6) is 0 Å². The van der Waals surface area contributed by atoms with Crippen molar-refractivity contribution < 1.29 is 5.11 Å². The normalized spacial score (nSPS) is 13.3. The van der Waals surface area contributed by atoms with Crippen molar-refractivity contribution in [3.8, 4) is 0 Å². The molecular formula is C12H16O. The van der Waals surface area contributed by atoms with Crippen molar-refractivity contribution in [3.05, 3.63) is 48.2 Å². The Morgan fingerprint density at radius 2 is 2.00 bits per heavy atom. The van der Waals surface area contributed by atoms with Crippen molar-refractivity contribution in [2.75, 3.05) is 0 Å². The maximum atomic E-state index is 8.50. The molecule has 0 aromatic heterocycles. The molecule has 0 heterocycles. The molecule has 0 aliphatic rings. The van der Waals surface area contributed by atoms with Gasteiger partial charge in [-0.15, -0.1) is 0 Å². The van der Waals surface area contributed by atoms with Gasteiger partial charge in [0.05, 0.1) is 6.26 Å². The maximum Gasteiger partial charge on any atom is 0.0751 e. The summed E-state index contributed by atoms with van der Waals surface area (Å²) in [5.74, 6) is 0.589. The van der Waals surface area contributed by atoms with Crippen LogP contribution in [0.2, 0.25) is 0 Å². The molecule has 0 saturated carbocycles. The van der Waals surface area contributed by atoms with Crippen LogP contribution in [0.1, 0.15) is 18.9 Å². The summed E-state index contributed by atoms with van der Waals surface area (Å²) in [5, 5.41) is 8.50. The van der Waals surface area contributed by atoms with Crippen LogP contribution in [-0.2, 0) is 6.42 Å². The molecule has 70 valence electrons. The van der Waals surface area contributed by atoms with E-state index in [0.29, 0.717) is 5.92 Å². The van der Waals surface area contributed by atoms with E-state index in [-0.39, 0.29) is 0 Å². The fourth-order valence-electron chi connectivity index (χ4n) is 1.39. The van der Waals surface area contributed by atoms with Crippen LogP contribution in [0, 0.1) is 5.92 Å². The largest absolute Gasteiger partial charge is 0.516 e. The van der Waals surface area contributed by atoms with Crippen LogP contribution in [0.15, 0.2) is 42.7 Å². The highest BCUT2D eigenvalue weighted by Crippen LogP contribution is 2.11. The quantitative estimate of drug-likeness (QED) is 0.698. The Morgan fingerprint density at radius 3 is 2.62 bits per heavy atom. The van der Waals surface area contributed by atoms with Crippen LogP contribution < -0.4 is 0 Å². The molecule has 1 N–H and O–H groups in total. The molecule has 1 aromatic carbocycles. The number of rotatable bonds is 4. The van der Waals surface area contributed by atoms with Gasteiger partial charge in [-0.2, -0.15) is 0 Å². The van der Waals surface area contributed by atoms with Gasteiger partial charge in [0.25, 0.3) is 0 Å². The molecule has 1 atom stereocenters. The Kier molecular flexibility index (Phi) is 4.10. The van der Waals surface area contributed by atoms with Gasteiger partial charge in [0.1, 0.15) is 0 Å². The Hall–Kier alpha value is -1.24. The van der Waals surface area contributed by atoms with Crippen molar-refractivity contribution in [1.29, 1.82) is 0 Å². The smallest absolute Gasteiger partial charge is 0.0751 e. The van der Waals surface area contributed by atoms with E-state index >= 15 is 0 Å². The fourth-order valence-corrected chi connectivity index (χ4v) is 1.39. The molecule has 13 heavy (non-hydrogen) atoms. The van der Waals surface area contributed by atoms with E-state index in [1.54, 1.807) is 6.08 Å². The molecule has 0 fully saturated rings. The monoisotopic (exact) mass is 176 g/mol.